The van der Waals surface area contributed by atoms with Crippen molar-refractivity contribution < 1.29 is 0 Å². The van der Waals surface area contributed by atoms with Crippen molar-refractivity contribution in [2.24, 2.45) is 5.92 Å². The summed E-state index contributed by atoms with van der Waals surface area (Å²) in [6.07, 6.45) is 0. The zero-order valence-electron chi connectivity index (χ0n) is 9.50. The standard InChI is InChI=1S/C11H23N3/c1-3-14-5-4-13(8-10(14)2)9-11-6-12-7-11/h10-12H,3-9H2,1-2H3. The SMILES string of the molecule is CCN1CCN(CC2CNC2)CC1C. The van der Waals surface area contributed by atoms with E-state index < -0.39 is 0 Å². The summed E-state index contributed by atoms with van der Waals surface area (Å²) in [5.41, 5.74) is 0. The first kappa shape index (κ1) is 10.4. The predicted octanol–water partition coefficient (Wildman–Crippen LogP) is 0.232. The van der Waals surface area contributed by atoms with E-state index >= 15 is 0 Å². The third kappa shape index (κ3) is 2.27. The Morgan fingerprint density at radius 2 is 2.07 bits per heavy atom. The predicted molar refractivity (Wildman–Crippen MR) is 59.5 cm³/mol. The number of hydrogen-bond donors (Lipinski definition) is 1. The molecule has 2 saturated heterocycles. The molecule has 0 aromatic rings. The van der Waals surface area contributed by atoms with Crippen LogP contribution in [0.3, 0.4) is 0 Å². The Labute approximate surface area is 87.4 Å². The first-order chi connectivity index (χ1) is 6.79. The molecule has 0 spiro atoms. The molecule has 0 bridgehead atoms. The van der Waals surface area contributed by atoms with Gasteiger partial charge in [0.25, 0.3) is 0 Å². The van der Waals surface area contributed by atoms with E-state index in [4.69, 9.17) is 0 Å². The first-order valence-electron chi connectivity index (χ1n) is 5.96. The molecule has 82 valence electrons. The van der Waals surface area contributed by atoms with Gasteiger partial charge in [-0.15, -0.1) is 0 Å². The molecule has 2 fully saturated rings. The van der Waals surface area contributed by atoms with Crippen molar-refractivity contribution in [3.05, 3.63) is 0 Å². The van der Waals surface area contributed by atoms with E-state index in [1.165, 1.54) is 45.8 Å². The third-order valence-electron chi connectivity index (χ3n) is 3.64. The zero-order valence-corrected chi connectivity index (χ0v) is 9.50. The Kier molecular flexibility index (Phi) is 3.42. The molecule has 3 heteroatoms. The van der Waals surface area contributed by atoms with Gasteiger partial charge in [0.2, 0.25) is 0 Å². The molecule has 0 saturated carbocycles. The van der Waals surface area contributed by atoms with Crippen LogP contribution in [0.15, 0.2) is 0 Å². The van der Waals surface area contributed by atoms with Gasteiger partial charge in [-0.25, -0.2) is 0 Å². The van der Waals surface area contributed by atoms with E-state index in [1.807, 2.05) is 0 Å². The Balaban J connectivity index is 1.74. The van der Waals surface area contributed by atoms with Crippen molar-refractivity contribution >= 4 is 0 Å². The number of likely N-dealkylation sites (N-methyl/N-ethyl adjacent to an activating group) is 1. The maximum Gasteiger partial charge on any atom is 0.0195 e. The summed E-state index contributed by atoms with van der Waals surface area (Å²) >= 11 is 0. The molecule has 0 aromatic carbocycles. The molecule has 0 aliphatic carbocycles. The van der Waals surface area contributed by atoms with Crippen LogP contribution >= 0.6 is 0 Å². The van der Waals surface area contributed by atoms with Gasteiger partial charge in [-0.3, -0.25) is 4.90 Å². The van der Waals surface area contributed by atoms with Gasteiger partial charge in [0.15, 0.2) is 0 Å². The van der Waals surface area contributed by atoms with Crippen molar-refractivity contribution in [1.82, 2.24) is 15.1 Å². The van der Waals surface area contributed by atoms with Crippen molar-refractivity contribution in [3.8, 4) is 0 Å². The summed E-state index contributed by atoms with van der Waals surface area (Å²) in [5.74, 6) is 0.926. The van der Waals surface area contributed by atoms with Crippen molar-refractivity contribution in [1.29, 1.82) is 0 Å². The van der Waals surface area contributed by atoms with Crippen molar-refractivity contribution in [3.63, 3.8) is 0 Å². The highest BCUT2D eigenvalue weighted by Crippen LogP contribution is 2.12. The van der Waals surface area contributed by atoms with Gasteiger partial charge in [0, 0.05) is 45.3 Å². The first-order valence-corrected chi connectivity index (χ1v) is 5.96. The Hall–Kier alpha value is -0.120. The number of nitrogens with one attached hydrogen (secondary N) is 1. The Morgan fingerprint density at radius 3 is 2.57 bits per heavy atom. The second-order valence-electron chi connectivity index (χ2n) is 4.76. The van der Waals surface area contributed by atoms with Gasteiger partial charge in [-0.1, -0.05) is 6.92 Å². The molecular formula is C11H23N3. The zero-order chi connectivity index (χ0) is 9.97. The fourth-order valence-electron chi connectivity index (χ4n) is 2.55. The molecule has 1 unspecified atom stereocenters. The van der Waals surface area contributed by atoms with Gasteiger partial charge >= 0.3 is 0 Å². The topological polar surface area (TPSA) is 18.5 Å². The second kappa shape index (κ2) is 4.60. The van der Waals surface area contributed by atoms with Gasteiger partial charge in [0.1, 0.15) is 0 Å². The highest BCUT2D eigenvalue weighted by atomic mass is 15.3. The minimum absolute atomic E-state index is 0.752. The van der Waals surface area contributed by atoms with Gasteiger partial charge in [0.05, 0.1) is 0 Å². The normalized spacial score (nSPS) is 31.7. The lowest BCUT2D eigenvalue weighted by molar-refractivity contribution is 0.0700. The third-order valence-corrected chi connectivity index (χ3v) is 3.64. The fourth-order valence-corrected chi connectivity index (χ4v) is 2.55. The minimum Gasteiger partial charge on any atom is -0.316 e. The Morgan fingerprint density at radius 1 is 1.29 bits per heavy atom. The van der Waals surface area contributed by atoms with Gasteiger partial charge < -0.3 is 10.2 Å². The van der Waals surface area contributed by atoms with Crippen LogP contribution < -0.4 is 5.32 Å². The molecule has 0 aromatic heterocycles. The smallest absolute Gasteiger partial charge is 0.0195 e. The molecular weight excluding hydrogens is 174 g/mol. The van der Waals surface area contributed by atoms with Crippen LogP contribution in [-0.4, -0.2) is 61.7 Å². The number of rotatable bonds is 3. The van der Waals surface area contributed by atoms with E-state index in [0.29, 0.717) is 0 Å². The molecule has 1 N–H and O–H groups in total. The molecule has 0 amide bonds. The molecule has 3 nitrogen and oxygen atoms in total. The van der Waals surface area contributed by atoms with Gasteiger partial charge in [-0.05, 0) is 19.4 Å². The summed E-state index contributed by atoms with van der Waals surface area (Å²) in [6, 6.07) is 0.752. The lowest BCUT2D eigenvalue weighted by Crippen LogP contribution is -2.55. The average molecular weight is 197 g/mol. The lowest BCUT2D eigenvalue weighted by atomic mass is 10.0. The molecule has 0 radical (unpaired) electrons. The van der Waals surface area contributed by atoms with Crippen LogP contribution in [0.4, 0.5) is 0 Å². The monoisotopic (exact) mass is 197 g/mol. The summed E-state index contributed by atoms with van der Waals surface area (Å²) < 4.78 is 0. The van der Waals surface area contributed by atoms with E-state index in [2.05, 4.69) is 29.0 Å². The summed E-state index contributed by atoms with van der Waals surface area (Å²) in [5, 5.41) is 3.34. The quantitative estimate of drug-likeness (QED) is 0.699. The van der Waals surface area contributed by atoms with Crippen LogP contribution in [0.2, 0.25) is 0 Å². The molecule has 14 heavy (non-hydrogen) atoms. The molecule has 2 rings (SSSR count). The Bertz CT molecular complexity index is 179. The average Bonchev–Trinajstić information content (AvgIpc) is 2.12. The number of piperazine rings is 1. The van der Waals surface area contributed by atoms with Crippen LogP contribution in [0.1, 0.15) is 13.8 Å². The van der Waals surface area contributed by atoms with Crippen LogP contribution in [0, 0.1) is 5.92 Å². The molecule has 2 aliphatic heterocycles. The fraction of sp³-hybridized carbons (Fsp3) is 1.00. The van der Waals surface area contributed by atoms with E-state index in [1.54, 1.807) is 0 Å². The number of hydrogen-bond acceptors (Lipinski definition) is 3. The lowest BCUT2D eigenvalue weighted by Gasteiger charge is -2.42. The van der Waals surface area contributed by atoms with Crippen molar-refractivity contribution in [2.75, 3.05) is 45.8 Å². The van der Waals surface area contributed by atoms with Crippen LogP contribution in [-0.2, 0) is 0 Å². The molecule has 2 heterocycles. The van der Waals surface area contributed by atoms with E-state index in [-0.39, 0.29) is 0 Å². The minimum atomic E-state index is 0.752. The van der Waals surface area contributed by atoms with Gasteiger partial charge in [-0.2, -0.15) is 0 Å². The van der Waals surface area contributed by atoms with E-state index in [9.17, 15) is 0 Å². The maximum absolute atomic E-state index is 3.34. The highest BCUT2D eigenvalue weighted by molar-refractivity contribution is 4.83. The van der Waals surface area contributed by atoms with Crippen LogP contribution in [0.5, 0.6) is 0 Å². The molecule has 2 aliphatic rings. The maximum atomic E-state index is 3.34. The number of nitrogens with zero attached hydrogens (tertiary/aromatic N) is 2. The summed E-state index contributed by atoms with van der Waals surface area (Å²) in [4.78, 5) is 5.22. The summed E-state index contributed by atoms with van der Waals surface area (Å²) in [6.45, 7) is 13.4. The summed E-state index contributed by atoms with van der Waals surface area (Å²) in [7, 11) is 0. The second-order valence-corrected chi connectivity index (χ2v) is 4.76. The van der Waals surface area contributed by atoms with Crippen LogP contribution in [0.25, 0.3) is 0 Å². The highest BCUT2D eigenvalue weighted by Gasteiger charge is 2.26. The largest absolute Gasteiger partial charge is 0.316 e. The van der Waals surface area contributed by atoms with Crippen molar-refractivity contribution in [2.45, 2.75) is 19.9 Å². The van der Waals surface area contributed by atoms with E-state index in [0.717, 1.165) is 12.0 Å². The molecule has 1 atom stereocenters.